The Bertz CT molecular complexity index is 640. The molecule has 6 nitrogen and oxygen atoms in total. The van der Waals surface area contributed by atoms with Crippen molar-refractivity contribution in [3.05, 3.63) is 48.8 Å². The van der Waals surface area contributed by atoms with Crippen molar-refractivity contribution in [3.63, 3.8) is 0 Å². The molecule has 0 amide bonds. The Morgan fingerprint density at radius 3 is 2.88 bits per heavy atom. The van der Waals surface area contributed by atoms with E-state index in [0.717, 1.165) is 5.82 Å². The fraction of sp³-hybridized carbons (Fsp3) is 0.300. The maximum Gasteiger partial charge on any atom is 0.328 e. The number of aromatic nitrogens is 4. The van der Waals surface area contributed by atoms with Gasteiger partial charge in [0.2, 0.25) is 0 Å². The lowest BCUT2D eigenvalue weighted by molar-refractivity contribution is 0.612. The highest BCUT2D eigenvalue weighted by Gasteiger charge is 2.04. The first-order valence-electron chi connectivity index (χ1n) is 5.03. The summed E-state index contributed by atoms with van der Waals surface area (Å²) in [4.78, 5) is 29.1. The third kappa shape index (κ3) is 2.65. The van der Waals surface area contributed by atoms with Crippen LogP contribution < -0.4 is 11.2 Å². The van der Waals surface area contributed by atoms with Crippen molar-refractivity contribution >= 4 is 22.6 Å². The van der Waals surface area contributed by atoms with Crippen LogP contribution >= 0.6 is 22.6 Å². The first kappa shape index (κ1) is 12.1. The largest absolute Gasteiger partial charge is 0.338 e. The molecule has 0 saturated heterocycles. The van der Waals surface area contributed by atoms with E-state index in [1.54, 1.807) is 12.4 Å². The molecule has 7 heteroatoms. The maximum absolute atomic E-state index is 11.5. The minimum atomic E-state index is -0.385. The zero-order chi connectivity index (χ0) is 12.4. The van der Waals surface area contributed by atoms with Gasteiger partial charge in [0.1, 0.15) is 5.82 Å². The number of imidazole rings is 1. The van der Waals surface area contributed by atoms with Crippen molar-refractivity contribution < 1.29 is 0 Å². The van der Waals surface area contributed by atoms with E-state index in [0.29, 0.717) is 16.5 Å². The van der Waals surface area contributed by atoms with Crippen molar-refractivity contribution in [2.24, 2.45) is 7.05 Å². The van der Waals surface area contributed by atoms with Gasteiger partial charge >= 0.3 is 5.69 Å². The van der Waals surface area contributed by atoms with E-state index in [4.69, 9.17) is 0 Å². The molecule has 17 heavy (non-hydrogen) atoms. The molecular weight excluding hydrogens is 335 g/mol. The lowest BCUT2D eigenvalue weighted by Gasteiger charge is -2.05. The van der Waals surface area contributed by atoms with Gasteiger partial charge in [-0.1, -0.05) is 0 Å². The van der Waals surface area contributed by atoms with E-state index in [1.165, 1.54) is 4.57 Å². The highest BCUT2D eigenvalue weighted by molar-refractivity contribution is 14.1. The Kier molecular flexibility index (Phi) is 3.46. The molecule has 2 heterocycles. The average Bonchev–Trinajstić information content (AvgIpc) is 2.68. The molecule has 0 aliphatic carbocycles. The molecule has 2 rings (SSSR count). The Morgan fingerprint density at radius 2 is 2.24 bits per heavy atom. The SMILES string of the molecule is Cn1ccnc1CCn1cc(I)c(=O)[nH]c1=O. The van der Waals surface area contributed by atoms with Crippen LogP contribution in [0.15, 0.2) is 28.2 Å². The second-order valence-corrected chi connectivity index (χ2v) is 4.80. The minimum Gasteiger partial charge on any atom is -0.338 e. The lowest BCUT2D eigenvalue weighted by atomic mass is 10.4. The normalized spacial score (nSPS) is 10.7. The number of rotatable bonds is 3. The van der Waals surface area contributed by atoms with Crippen molar-refractivity contribution in [2.45, 2.75) is 13.0 Å². The second kappa shape index (κ2) is 4.86. The van der Waals surface area contributed by atoms with Crippen LogP contribution in [-0.2, 0) is 20.0 Å². The molecule has 2 aromatic rings. The van der Waals surface area contributed by atoms with Crippen LogP contribution in [0.1, 0.15) is 5.82 Å². The summed E-state index contributed by atoms with van der Waals surface area (Å²) in [7, 11) is 1.90. The van der Waals surface area contributed by atoms with E-state index in [1.807, 2.05) is 40.4 Å². The van der Waals surface area contributed by atoms with Crippen LogP contribution in [-0.4, -0.2) is 19.1 Å². The van der Waals surface area contributed by atoms with Gasteiger partial charge in [-0.25, -0.2) is 9.78 Å². The molecule has 0 aliphatic rings. The highest BCUT2D eigenvalue weighted by atomic mass is 127. The molecule has 0 spiro atoms. The molecule has 2 aromatic heterocycles. The van der Waals surface area contributed by atoms with Gasteiger partial charge in [0.25, 0.3) is 5.56 Å². The summed E-state index contributed by atoms with van der Waals surface area (Å²) >= 11 is 1.90. The quantitative estimate of drug-likeness (QED) is 0.803. The standard InChI is InChI=1S/C10H11IN4O2/c1-14-5-3-12-8(14)2-4-15-6-7(11)9(16)13-10(15)17/h3,5-6H,2,4H2,1H3,(H,13,16,17). The Morgan fingerprint density at radius 1 is 1.47 bits per heavy atom. The van der Waals surface area contributed by atoms with Gasteiger partial charge in [-0.15, -0.1) is 0 Å². The fourth-order valence-corrected chi connectivity index (χ4v) is 1.98. The van der Waals surface area contributed by atoms with Crippen LogP contribution in [0, 0.1) is 3.57 Å². The molecule has 0 atom stereocenters. The van der Waals surface area contributed by atoms with Gasteiger partial charge in [0.05, 0.1) is 3.57 Å². The molecular formula is C10H11IN4O2. The number of halogens is 1. The molecule has 0 fully saturated rings. The summed E-state index contributed by atoms with van der Waals surface area (Å²) < 4.78 is 3.89. The summed E-state index contributed by atoms with van der Waals surface area (Å²) in [5, 5.41) is 0. The summed E-state index contributed by atoms with van der Waals surface area (Å²) in [6, 6.07) is 0. The van der Waals surface area contributed by atoms with Gasteiger partial charge in [0, 0.05) is 38.6 Å². The van der Waals surface area contributed by atoms with E-state index in [2.05, 4.69) is 9.97 Å². The zero-order valence-electron chi connectivity index (χ0n) is 9.18. The average molecular weight is 346 g/mol. The van der Waals surface area contributed by atoms with Crippen molar-refractivity contribution in [2.75, 3.05) is 0 Å². The third-order valence-corrected chi connectivity index (χ3v) is 3.23. The monoisotopic (exact) mass is 346 g/mol. The number of aryl methyl sites for hydroxylation is 3. The number of nitrogens with zero attached hydrogens (tertiary/aromatic N) is 3. The summed E-state index contributed by atoms with van der Waals surface area (Å²) in [6.07, 6.45) is 5.78. The number of hydrogen-bond acceptors (Lipinski definition) is 3. The topological polar surface area (TPSA) is 72.7 Å². The van der Waals surface area contributed by atoms with Crippen LogP contribution in [0.2, 0.25) is 0 Å². The third-order valence-electron chi connectivity index (χ3n) is 2.46. The maximum atomic E-state index is 11.5. The molecule has 0 aromatic carbocycles. The predicted molar refractivity (Wildman–Crippen MR) is 71.0 cm³/mol. The lowest BCUT2D eigenvalue weighted by Crippen LogP contribution is -2.31. The van der Waals surface area contributed by atoms with Crippen molar-refractivity contribution in [3.8, 4) is 0 Å². The number of hydrogen-bond donors (Lipinski definition) is 1. The van der Waals surface area contributed by atoms with E-state index in [-0.39, 0.29) is 11.2 Å². The zero-order valence-corrected chi connectivity index (χ0v) is 11.3. The van der Waals surface area contributed by atoms with Gasteiger partial charge in [-0.3, -0.25) is 14.3 Å². The molecule has 0 aliphatic heterocycles. The van der Waals surface area contributed by atoms with E-state index >= 15 is 0 Å². The molecule has 90 valence electrons. The van der Waals surface area contributed by atoms with E-state index in [9.17, 15) is 9.59 Å². The first-order chi connectivity index (χ1) is 8.08. The van der Waals surface area contributed by atoms with Crippen LogP contribution in [0.3, 0.4) is 0 Å². The van der Waals surface area contributed by atoms with Crippen LogP contribution in [0.25, 0.3) is 0 Å². The Hall–Kier alpha value is -1.38. The summed E-state index contributed by atoms with van der Waals surface area (Å²) in [5.41, 5.74) is -0.728. The van der Waals surface area contributed by atoms with Crippen molar-refractivity contribution in [1.29, 1.82) is 0 Å². The highest BCUT2D eigenvalue weighted by Crippen LogP contribution is 1.98. The Labute approximate surface area is 110 Å². The predicted octanol–water partition coefficient (Wildman–Crippen LogP) is 0.117. The summed E-state index contributed by atoms with van der Waals surface area (Å²) in [6.45, 7) is 0.496. The molecule has 0 unspecified atom stereocenters. The minimum absolute atomic E-state index is 0.344. The molecule has 1 N–H and O–H groups in total. The number of aromatic amines is 1. The van der Waals surface area contributed by atoms with Crippen LogP contribution in [0.5, 0.6) is 0 Å². The first-order valence-corrected chi connectivity index (χ1v) is 6.11. The van der Waals surface area contributed by atoms with Gasteiger partial charge in [-0.2, -0.15) is 0 Å². The summed E-state index contributed by atoms with van der Waals surface area (Å²) in [5.74, 6) is 0.901. The molecule has 0 radical (unpaired) electrons. The van der Waals surface area contributed by atoms with Gasteiger partial charge in [0.15, 0.2) is 0 Å². The van der Waals surface area contributed by atoms with Crippen LogP contribution in [0.4, 0.5) is 0 Å². The smallest absolute Gasteiger partial charge is 0.328 e. The van der Waals surface area contributed by atoms with E-state index < -0.39 is 0 Å². The van der Waals surface area contributed by atoms with Gasteiger partial charge < -0.3 is 4.57 Å². The fourth-order valence-electron chi connectivity index (χ4n) is 1.51. The number of nitrogens with one attached hydrogen (secondary N) is 1. The second-order valence-electron chi connectivity index (χ2n) is 3.63. The Balaban J connectivity index is 2.20. The van der Waals surface area contributed by atoms with Gasteiger partial charge in [-0.05, 0) is 22.6 Å². The molecule has 0 saturated carbocycles. The number of H-pyrrole nitrogens is 1. The van der Waals surface area contributed by atoms with Crippen molar-refractivity contribution in [1.82, 2.24) is 19.1 Å². The molecule has 0 bridgehead atoms.